The van der Waals surface area contributed by atoms with Crippen LogP contribution in [-0.2, 0) is 6.42 Å². The number of benzene rings is 6. The van der Waals surface area contributed by atoms with Crippen molar-refractivity contribution in [3.05, 3.63) is 163 Å². The molecule has 0 atom stereocenters. The van der Waals surface area contributed by atoms with E-state index in [4.69, 9.17) is 0 Å². The Morgan fingerprint density at radius 1 is 0.634 bits per heavy atom. The van der Waals surface area contributed by atoms with Crippen LogP contribution in [0.1, 0.15) is 16.8 Å². The Bertz CT molecular complexity index is 2030. The summed E-state index contributed by atoms with van der Waals surface area (Å²) in [6, 6.07) is 44.1. The van der Waals surface area contributed by atoms with Crippen LogP contribution in [0.15, 0.2) is 146 Å². The summed E-state index contributed by atoms with van der Waals surface area (Å²) in [4.78, 5) is 3.25. The predicted molar refractivity (Wildman–Crippen MR) is 177 cm³/mol. The molecule has 1 heteroatoms. The third kappa shape index (κ3) is 4.56. The monoisotopic (exact) mass is 525 g/mol. The summed E-state index contributed by atoms with van der Waals surface area (Å²) in [5.41, 5.74) is 9.74. The predicted octanol–water partition coefficient (Wildman–Crippen LogP) is 10.9. The van der Waals surface area contributed by atoms with Gasteiger partial charge in [-0.1, -0.05) is 122 Å². The molecule has 0 saturated carbocycles. The van der Waals surface area contributed by atoms with Gasteiger partial charge in [-0.3, -0.25) is 0 Å². The molecule has 1 aromatic heterocycles. The Kier molecular flexibility index (Phi) is 6.34. The van der Waals surface area contributed by atoms with Gasteiger partial charge in [-0.2, -0.15) is 0 Å². The Morgan fingerprint density at radius 3 is 1.88 bits per heavy atom. The minimum absolute atomic E-state index is 0.894. The van der Waals surface area contributed by atoms with Gasteiger partial charge < -0.3 is 4.98 Å². The first-order valence-corrected chi connectivity index (χ1v) is 14.2. The number of hydrogen-bond donors (Lipinski definition) is 1. The number of aromatic nitrogens is 1. The Morgan fingerprint density at radius 2 is 1.24 bits per heavy atom. The van der Waals surface area contributed by atoms with Crippen LogP contribution in [0.4, 0.5) is 0 Å². The van der Waals surface area contributed by atoms with E-state index in [9.17, 15) is 0 Å². The lowest BCUT2D eigenvalue weighted by molar-refractivity contribution is 1.17. The Hall–Kier alpha value is -5.14. The molecule has 196 valence electrons. The maximum absolute atomic E-state index is 4.38. The van der Waals surface area contributed by atoms with Crippen LogP contribution in [0.25, 0.3) is 60.1 Å². The van der Waals surface area contributed by atoms with Crippen molar-refractivity contribution in [2.75, 3.05) is 0 Å². The summed E-state index contributed by atoms with van der Waals surface area (Å²) >= 11 is 0. The number of aryl methyl sites for hydroxylation is 1. The average Bonchev–Trinajstić information content (AvgIpc) is 3.43. The smallest absolute Gasteiger partial charge is 0.0151 e. The molecule has 0 aliphatic carbocycles. The molecule has 0 spiro atoms. The lowest BCUT2D eigenvalue weighted by Gasteiger charge is -2.18. The van der Waals surface area contributed by atoms with E-state index in [1.54, 1.807) is 0 Å². The first kappa shape index (κ1) is 24.9. The molecule has 0 aliphatic rings. The minimum Gasteiger partial charge on any atom is -0.365 e. The molecule has 6 aromatic carbocycles. The quantitative estimate of drug-likeness (QED) is 0.164. The molecule has 0 aliphatic heterocycles. The molecule has 1 N–H and O–H groups in total. The third-order valence-corrected chi connectivity index (χ3v) is 8.22. The van der Waals surface area contributed by atoms with Crippen molar-refractivity contribution in [1.29, 1.82) is 0 Å². The highest BCUT2D eigenvalue weighted by molar-refractivity contribution is 6.21. The molecule has 1 nitrogen and oxygen atoms in total. The van der Waals surface area contributed by atoms with Gasteiger partial charge in [0, 0.05) is 11.9 Å². The molecule has 0 fully saturated rings. The summed E-state index contributed by atoms with van der Waals surface area (Å²) in [6.07, 6.45) is 7.23. The van der Waals surface area contributed by atoms with Gasteiger partial charge in [0.15, 0.2) is 0 Å². The van der Waals surface area contributed by atoms with E-state index >= 15 is 0 Å². The van der Waals surface area contributed by atoms with Crippen LogP contribution in [-0.4, -0.2) is 4.98 Å². The average molecular weight is 526 g/mol. The number of fused-ring (bicyclic) bond motifs is 3. The molecule has 1 heterocycles. The van der Waals surface area contributed by atoms with Gasteiger partial charge in [-0.05, 0) is 103 Å². The van der Waals surface area contributed by atoms with Gasteiger partial charge in [-0.15, -0.1) is 0 Å². The van der Waals surface area contributed by atoms with E-state index in [1.165, 1.54) is 65.8 Å². The fourth-order valence-electron chi connectivity index (χ4n) is 6.09. The molecule has 0 unspecified atom stereocenters. The van der Waals surface area contributed by atoms with Crippen molar-refractivity contribution in [2.24, 2.45) is 0 Å². The number of H-pyrrole nitrogens is 1. The van der Waals surface area contributed by atoms with E-state index < -0.39 is 0 Å². The van der Waals surface area contributed by atoms with E-state index in [2.05, 4.69) is 152 Å². The van der Waals surface area contributed by atoms with Crippen LogP contribution in [0, 0.1) is 6.92 Å². The van der Waals surface area contributed by atoms with Gasteiger partial charge in [-0.25, -0.2) is 0 Å². The second-order valence-corrected chi connectivity index (χ2v) is 10.7. The molecule has 0 amide bonds. The number of hydrogen-bond acceptors (Lipinski definition) is 0. The fourth-order valence-corrected chi connectivity index (χ4v) is 6.09. The number of allylic oxidation sites excluding steroid dienone is 3. The summed E-state index contributed by atoms with van der Waals surface area (Å²) in [5, 5.41) is 7.54. The first-order valence-electron chi connectivity index (χ1n) is 14.2. The maximum Gasteiger partial charge on any atom is 0.0151 e. The van der Waals surface area contributed by atoms with Crippen LogP contribution in [0.2, 0.25) is 0 Å². The summed E-state index contributed by atoms with van der Waals surface area (Å²) in [5.74, 6) is 0. The van der Waals surface area contributed by atoms with Gasteiger partial charge >= 0.3 is 0 Å². The number of rotatable bonds is 6. The zero-order valence-electron chi connectivity index (χ0n) is 23.2. The molecule has 0 saturated heterocycles. The lowest BCUT2D eigenvalue weighted by Crippen LogP contribution is -1.91. The van der Waals surface area contributed by atoms with E-state index in [1.807, 2.05) is 6.20 Å². The van der Waals surface area contributed by atoms with Crippen LogP contribution >= 0.6 is 0 Å². The van der Waals surface area contributed by atoms with E-state index in [0.717, 1.165) is 17.6 Å². The molecule has 0 radical (unpaired) electrons. The van der Waals surface area contributed by atoms with Gasteiger partial charge in [0.2, 0.25) is 0 Å². The van der Waals surface area contributed by atoms with Gasteiger partial charge in [0.1, 0.15) is 0 Å². The highest BCUT2D eigenvalue weighted by Gasteiger charge is 2.16. The number of aromatic amines is 1. The molecular weight excluding hydrogens is 494 g/mol. The molecule has 7 aromatic rings. The minimum atomic E-state index is 0.894. The van der Waals surface area contributed by atoms with Crippen LogP contribution in [0.3, 0.4) is 0 Å². The summed E-state index contributed by atoms with van der Waals surface area (Å²) in [7, 11) is 0. The number of nitrogens with one attached hydrogen (secondary N) is 1. The summed E-state index contributed by atoms with van der Waals surface area (Å²) in [6.45, 7) is 6.49. The second kappa shape index (κ2) is 10.4. The zero-order valence-corrected chi connectivity index (χ0v) is 23.2. The third-order valence-electron chi connectivity index (χ3n) is 8.22. The largest absolute Gasteiger partial charge is 0.365 e. The SMILES string of the molecule is C=C(/C=C\Cc1cc[nH]c1C)c1ccc2ccc(-c3c4ccccc4c(-c4ccccc4)c4ccccc34)cc2c1. The zero-order chi connectivity index (χ0) is 27.8. The van der Waals surface area contributed by atoms with Crippen molar-refractivity contribution in [1.82, 2.24) is 4.98 Å². The second-order valence-electron chi connectivity index (χ2n) is 10.7. The Balaban J connectivity index is 1.35. The van der Waals surface area contributed by atoms with Crippen molar-refractivity contribution < 1.29 is 0 Å². The van der Waals surface area contributed by atoms with Crippen molar-refractivity contribution >= 4 is 37.9 Å². The molecular formula is C40H31N. The highest BCUT2D eigenvalue weighted by Crippen LogP contribution is 2.44. The maximum atomic E-state index is 4.38. The normalized spacial score (nSPS) is 11.6. The first-order chi connectivity index (χ1) is 20.2. The van der Waals surface area contributed by atoms with Gasteiger partial charge in [0.25, 0.3) is 0 Å². The Labute approximate surface area is 241 Å². The lowest BCUT2D eigenvalue weighted by atomic mass is 9.85. The molecule has 0 bridgehead atoms. The topological polar surface area (TPSA) is 15.8 Å². The molecule has 7 rings (SSSR count). The highest BCUT2D eigenvalue weighted by atomic mass is 14.7. The van der Waals surface area contributed by atoms with Crippen molar-refractivity contribution in [3.8, 4) is 22.3 Å². The summed E-state index contributed by atoms with van der Waals surface area (Å²) < 4.78 is 0. The fraction of sp³-hybridized carbons (Fsp3) is 0.0500. The molecule has 41 heavy (non-hydrogen) atoms. The van der Waals surface area contributed by atoms with Crippen molar-refractivity contribution in [2.45, 2.75) is 13.3 Å². The van der Waals surface area contributed by atoms with Crippen molar-refractivity contribution in [3.63, 3.8) is 0 Å². The standard InChI is InChI=1S/C40H31N/c1-27(11-10-14-29-23-24-41-28(29)2)32-21-19-30-20-22-33(26-34(30)25-32)40-37-17-8-6-15-35(37)39(31-12-4-3-5-13-31)36-16-7-9-18-38(36)40/h3-13,15-26,41H,1,14H2,2H3/b11-10-. The van der Waals surface area contributed by atoms with Crippen LogP contribution in [0.5, 0.6) is 0 Å². The van der Waals surface area contributed by atoms with E-state index in [0.29, 0.717) is 0 Å². The van der Waals surface area contributed by atoms with E-state index in [-0.39, 0.29) is 0 Å². The van der Waals surface area contributed by atoms with Gasteiger partial charge in [0.05, 0.1) is 0 Å². The van der Waals surface area contributed by atoms with Crippen LogP contribution < -0.4 is 0 Å².